The molecule has 25 heavy (non-hydrogen) atoms. The minimum absolute atomic E-state index is 0. The molecular formula is C19H28Cl2N2O2. The van der Waals surface area contributed by atoms with Crippen molar-refractivity contribution in [2.45, 2.75) is 57.0 Å². The highest BCUT2D eigenvalue weighted by molar-refractivity contribution is 6.30. The monoisotopic (exact) mass is 386 g/mol. The van der Waals surface area contributed by atoms with E-state index in [1.807, 2.05) is 23.1 Å². The normalized spacial score (nSPS) is 29.5. The first-order chi connectivity index (χ1) is 11.5. The van der Waals surface area contributed by atoms with Gasteiger partial charge in [-0.2, -0.15) is 0 Å². The topological polar surface area (TPSA) is 55.6 Å². The number of rotatable bonds is 4. The summed E-state index contributed by atoms with van der Waals surface area (Å²) in [6.07, 6.45) is 3.72. The van der Waals surface area contributed by atoms with E-state index in [-0.39, 0.29) is 36.0 Å². The van der Waals surface area contributed by atoms with Crippen molar-refractivity contribution >= 4 is 30.1 Å². The van der Waals surface area contributed by atoms with Gasteiger partial charge < -0.3 is 10.5 Å². The lowest BCUT2D eigenvalue weighted by Gasteiger charge is -2.43. The molecule has 2 aliphatic rings. The number of hydrogen-bond donors (Lipinski definition) is 1. The maximum Gasteiger partial charge on any atom is 0.410 e. The third kappa shape index (κ3) is 3.91. The first-order valence-electron chi connectivity index (χ1n) is 8.88. The Morgan fingerprint density at radius 1 is 1.36 bits per heavy atom. The number of carbonyl (C=O) groups excluding carboxylic acids is 1. The lowest BCUT2D eigenvalue weighted by Crippen LogP contribution is -2.49. The first-order valence-corrected chi connectivity index (χ1v) is 9.26. The Kier molecular flexibility index (Phi) is 6.63. The van der Waals surface area contributed by atoms with Gasteiger partial charge in [-0.1, -0.05) is 37.6 Å². The molecule has 0 unspecified atom stereocenters. The van der Waals surface area contributed by atoms with Crippen LogP contribution in [0.2, 0.25) is 5.02 Å². The van der Waals surface area contributed by atoms with Gasteiger partial charge in [-0.05, 0) is 49.3 Å². The third-order valence-electron chi connectivity index (χ3n) is 5.85. The quantitative estimate of drug-likeness (QED) is 0.834. The van der Waals surface area contributed by atoms with Crippen molar-refractivity contribution < 1.29 is 9.53 Å². The third-order valence-corrected chi connectivity index (χ3v) is 6.08. The van der Waals surface area contributed by atoms with Crippen LogP contribution in [0, 0.1) is 5.92 Å². The summed E-state index contributed by atoms with van der Waals surface area (Å²) in [6.45, 7) is 5.43. The fourth-order valence-electron chi connectivity index (χ4n) is 4.24. The number of halogens is 2. The minimum Gasteiger partial charge on any atom is -0.447 e. The van der Waals surface area contributed by atoms with Gasteiger partial charge in [0.1, 0.15) is 6.61 Å². The largest absolute Gasteiger partial charge is 0.447 e. The van der Waals surface area contributed by atoms with Crippen LogP contribution in [0.15, 0.2) is 24.3 Å². The summed E-state index contributed by atoms with van der Waals surface area (Å²) >= 11 is 6.18. The van der Waals surface area contributed by atoms with Crippen molar-refractivity contribution in [3.63, 3.8) is 0 Å². The molecule has 3 rings (SSSR count). The van der Waals surface area contributed by atoms with Crippen LogP contribution in [0.1, 0.15) is 45.1 Å². The second-order valence-electron chi connectivity index (χ2n) is 7.52. The molecule has 1 heterocycles. The van der Waals surface area contributed by atoms with Crippen LogP contribution in [0.5, 0.6) is 0 Å². The molecule has 0 aromatic heterocycles. The SMILES string of the molecule is CC(C)[C@@H]1COC(=O)N1C1CCC(CN)(c2cccc(Cl)c2)CC1.Cl. The van der Waals surface area contributed by atoms with E-state index in [4.69, 9.17) is 22.1 Å². The van der Waals surface area contributed by atoms with Crippen molar-refractivity contribution in [3.05, 3.63) is 34.9 Å². The standard InChI is InChI=1S/C19H27ClN2O2.ClH/c1-13(2)17-11-24-18(23)22(17)16-6-8-19(12-21,9-7-16)14-4-3-5-15(20)10-14;/h3-5,10,13,16-17H,6-9,11-12,21H2,1-2H3;1H/t16?,17-,19?;/m0./s1. The summed E-state index contributed by atoms with van der Waals surface area (Å²) in [5, 5.41) is 0.755. The molecule has 1 atom stereocenters. The van der Waals surface area contributed by atoms with E-state index in [9.17, 15) is 4.79 Å². The van der Waals surface area contributed by atoms with E-state index in [2.05, 4.69) is 19.9 Å². The molecule has 1 aliphatic carbocycles. The average molecular weight is 387 g/mol. The first kappa shape index (κ1) is 20.3. The zero-order chi connectivity index (χ0) is 17.3. The van der Waals surface area contributed by atoms with Gasteiger partial charge in [0, 0.05) is 23.0 Å². The van der Waals surface area contributed by atoms with Gasteiger partial charge in [-0.3, -0.25) is 4.90 Å². The molecule has 1 aromatic rings. The van der Waals surface area contributed by atoms with Crippen LogP contribution in [0.4, 0.5) is 4.79 Å². The second kappa shape index (κ2) is 8.15. The zero-order valence-corrected chi connectivity index (χ0v) is 16.5. The van der Waals surface area contributed by atoms with Gasteiger partial charge >= 0.3 is 6.09 Å². The summed E-state index contributed by atoms with van der Waals surface area (Å²) in [5.41, 5.74) is 7.37. The Morgan fingerprint density at radius 2 is 2.04 bits per heavy atom. The lowest BCUT2D eigenvalue weighted by molar-refractivity contribution is 0.108. The van der Waals surface area contributed by atoms with E-state index in [1.165, 1.54) is 5.56 Å². The Morgan fingerprint density at radius 3 is 2.60 bits per heavy atom. The number of nitrogens with two attached hydrogens (primary N) is 1. The second-order valence-corrected chi connectivity index (χ2v) is 7.96. The highest BCUT2D eigenvalue weighted by atomic mass is 35.5. The van der Waals surface area contributed by atoms with Gasteiger partial charge in [-0.15, -0.1) is 12.4 Å². The number of nitrogens with zero attached hydrogens (tertiary/aromatic N) is 1. The fraction of sp³-hybridized carbons (Fsp3) is 0.632. The molecule has 1 amide bonds. The van der Waals surface area contributed by atoms with Gasteiger partial charge in [0.05, 0.1) is 6.04 Å². The van der Waals surface area contributed by atoms with Crippen molar-refractivity contribution in [3.8, 4) is 0 Å². The van der Waals surface area contributed by atoms with Gasteiger partial charge in [0.2, 0.25) is 0 Å². The molecule has 2 fully saturated rings. The van der Waals surface area contributed by atoms with Gasteiger partial charge in [0.15, 0.2) is 0 Å². The number of benzene rings is 1. The summed E-state index contributed by atoms with van der Waals surface area (Å²) < 4.78 is 5.32. The molecule has 140 valence electrons. The lowest BCUT2D eigenvalue weighted by atomic mass is 9.68. The van der Waals surface area contributed by atoms with Crippen molar-refractivity contribution in [1.29, 1.82) is 0 Å². The van der Waals surface area contributed by atoms with Crippen LogP contribution >= 0.6 is 24.0 Å². The summed E-state index contributed by atoms with van der Waals surface area (Å²) in [6, 6.07) is 8.50. The van der Waals surface area contributed by atoms with Crippen LogP contribution in [-0.4, -0.2) is 36.2 Å². The Hall–Kier alpha value is -0.970. The minimum atomic E-state index is -0.151. The van der Waals surface area contributed by atoms with Gasteiger partial charge in [0.25, 0.3) is 0 Å². The smallest absolute Gasteiger partial charge is 0.410 e. The Labute approximate surface area is 161 Å². The maximum atomic E-state index is 12.2. The predicted octanol–water partition coefficient (Wildman–Crippen LogP) is 4.38. The van der Waals surface area contributed by atoms with Crippen LogP contribution < -0.4 is 5.73 Å². The van der Waals surface area contributed by atoms with Crippen molar-refractivity contribution in [1.82, 2.24) is 4.90 Å². The Bertz CT molecular complexity index is 601. The number of cyclic esters (lactones) is 1. The summed E-state index contributed by atoms with van der Waals surface area (Å²) in [7, 11) is 0. The zero-order valence-electron chi connectivity index (χ0n) is 14.9. The maximum absolute atomic E-state index is 12.2. The van der Waals surface area contributed by atoms with Gasteiger partial charge in [-0.25, -0.2) is 4.79 Å². The number of amides is 1. The fourth-order valence-corrected chi connectivity index (χ4v) is 4.43. The molecular weight excluding hydrogens is 359 g/mol. The van der Waals surface area contributed by atoms with E-state index in [0.717, 1.165) is 30.7 Å². The number of carbonyl (C=O) groups is 1. The molecule has 0 bridgehead atoms. The van der Waals surface area contributed by atoms with Crippen LogP contribution in [0.25, 0.3) is 0 Å². The molecule has 2 N–H and O–H groups in total. The van der Waals surface area contributed by atoms with E-state index >= 15 is 0 Å². The van der Waals surface area contributed by atoms with E-state index in [0.29, 0.717) is 19.1 Å². The highest BCUT2D eigenvalue weighted by Crippen LogP contribution is 2.42. The number of hydrogen-bond acceptors (Lipinski definition) is 3. The van der Waals surface area contributed by atoms with E-state index in [1.54, 1.807) is 0 Å². The molecule has 0 radical (unpaired) electrons. The Balaban J connectivity index is 0.00000225. The highest BCUT2D eigenvalue weighted by Gasteiger charge is 2.44. The van der Waals surface area contributed by atoms with Crippen molar-refractivity contribution in [2.75, 3.05) is 13.2 Å². The molecule has 1 aromatic carbocycles. The van der Waals surface area contributed by atoms with Crippen LogP contribution in [0.3, 0.4) is 0 Å². The average Bonchev–Trinajstić information content (AvgIpc) is 2.97. The molecule has 1 saturated heterocycles. The predicted molar refractivity (Wildman–Crippen MR) is 104 cm³/mol. The molecule has 1 saturated carbocycles. The van der Waals surface area contributed by atoms with Crippen molar-refractivity contribution in [2.24, 2.45) is 11.7 Å². The van der Waals surface area contributed by atoms with E-state index < -0.39 is 0 Å². The molecule has 4 nitrogen and oxygen atoms in total. The summed E-state index contributed by atoms with van der Waals surface area (Å²) in [4.78, 5) is 14.2. The molecule has 1 aliphatic heterocycles. The molecule has 6 heteroatoms. The number of ether oxygens (including phenoxy) is 1. The summed E-state index contributed by atoms with van der Waals surface area (Å²) in [5.74, 6) is 0.408. The molecule has 0 spiro atoms. The van der Waals surface area contributed by atoms with Crippen LogP contribution in [-0.2, 0) is 10.2 Å².